The van der Waals surface area contributed by atoms with Crippen molar-refractivity contribution in [2.45, 2.75) is 52.2 Å². The summed E-state index contributed by atoms with van der Waals surface area (Å²) in [5.74, 6) is -0.336. The number of rotatable bonds is 5. The van der Waals surface area contributed by atoms with E-state index in [0.29, 0.717) is 12.0 Å². The first-order chi connectivity index (χ1) is 12.5. The van der Waals surface area contributed by atoms with Crippen molar-refractivity contribution in [2.24, 2.45) is 0 Å². The van der Waals surface area contributed by atoms with E-state index in [-0.39, 0.29) is 24.1 Å². The highest BCUT2D eigenvalue weighted by molar-refractivity contribution is 5.90. The lowest BCUT2D eigenvalue weighted by atomic mass is 10.0. The maximum Gasteiger partial charge on any atom is 0.338 e. The van der Waals surface area contributed by atoms with Crippen LogP contribution in [0.1, 0.15) is 50.4 Å². The minimum Gasteiger partial charge on any atom is -0.463 e. The third-order valence-corrected chi connectivity index (χ3v) is 3.68. The molecule has 1 fully saturated rings. The highest BCUT2D eigenvalue weighted by Crippen LogP contribution is 2.25. The number of hydrogen-bond donors (Lipinski definition) is 0. The van der Waals surface area contributed by atoms with Crippen molar-refractivity contribution < 1.29 is 19.1 Å². The van der Waals surface area contributed by atoms with Gasteiger partial charge in [-0.1, -0.05) is 49.4 Å². The van der Waals surface area contributed by atoms with Crippen molar-refractivity contribution >= 4 is 11.9 Å². The van der Waals surface area contributed by atoms with Gasteiger partial charge >= 0.3 is 11.9 Å². The van der Waals surface area contributed by atoms with E-state index >= 15 is 0 Å². The summed E-state index contributed by atoms with van der Waals surface area (Å²) in [6, 6.07) is 17.7. The molecule has 0 unspecified atom stereocenters. The van der Waals surface area contributed by atoms with Crippen molar-refractivity contribution in [2.75, 3.05) is 0 Å². The molecule has 0 spiro atoms. The standard InChI is InChI=1S/C16H14O2.C6H12O2/c17-16(18-15-10-11-15)14-8-6-13(7-9-14)12-4-2-1-3-5-12;1-4-6(7)8-5(2)3/h1-9,15H,10-11H2;5H,4H2,1-3H3. The summed E-state index contributed by atoms with van der Waals surface area (Å²) in [6.07, 6.45) is 2.67. The maximum atomic E-state index is 11.7. The van der Waals surface area contributed by atoms with Crippen LogP contribution in [0, 0.1) is 0 Å². The van der Waals surface area contributed by atoms with Crippen molar-refractivity contribution in [3.8, 4) is 11.1 Å². The first kappa shape index (κ1) is 19.7. The van der Waals surface area contributed by atoms with E-state index in [9.17, 15) is 9.59 Å². The van der Waals surface area contributed by atoms with Gasteiger partial charge < -0.3 is 9.47 Å². The van der Waals surface area contributed by atoms with Gasteiger partial charge in [-0.25, -0.2) is 4.79 Å². The fourth-order valence-electron chi connectivity index (χ4n) is 2.18. The van der Waals surface area contributed by atoms with Gasteiger partial charge in [-0.05, 0) is 49.9 Å². The third-order valence-electron chi connectivity index (χ3n) is 3.68. The zero-order valence-electron chi connectivity index (χ0n) is 15.6. The van der Waals surface area contributed by atoms with Crippen molar-refractivity contribution in [3.05, 3.63) is 60.2 Å². The van der Waals surface area contributed by atoms with E-state index in [1.54, 1.807) is 6.92 Å². The van der Waals surface area contributed by atoms with Crippen LogP contribution in [0.15, 0.2) is 54.6 Å². The molecule has 0 aromatic heterocycles. The predicted octanol–water partition coefficient (Wildman–Crippen LogP) is 5.02. The molecule has 0 heterocycles. The molecule has 2 aromatic rings. The van der Waals surface area contributed by atoms with E-state index in [1.807, 2.05) is 56.3 Å². The van der Waals surface area contributed by atoms with Crippen LogP contribution in [0.3, 0.4) is 0 Å². The molecule has 0 amide bonds. The zero-order valence-corrected chi connectivity index (χ0v) is 15.6. The number of ether oxygens (including phenoxy) is 2. The zero-order chi connectivity index (χ0) is 18.9. The van der Waals surface area contributed by atoms with Crippen LogP contribution in [0.2, 0.25) is 0 Å². The quantitative estimate of drug-likeness (QED) is 0.707. The lowest BCUT2D eigenvalue weighted by Crippen LogP contribution is -2.09. The molecule has 1 aliphatic carbocycles. The molecular weight excluding hydrogens is 328 g/mol. The van der Waals surface area contributed by atoms with Gasteiger partial charge in [0.2, 0.25) is 0 Å². The number of carbonyl (C=O) groups is 2. The molecule has 0 bridgehead atoms. The van der Waals surface area contributed by atoms with Crippen LogP contribution in [-0.4, -0.2) is 24.1 Å². The monoisotopic (exact) mass is 354 g/mol. The molecular formula is C22H26O4. The van der Waals surface area contributed by atoms with Gasteiger partial charge in [0.15, 0.2) is 0 Å². The van der Waals surface area contributed by atoms with Gasteiger partial charge in [-0.2, -0.15) is 0 Å². The Labute approximate surface area is 155 Å². The molecule has 0 saturated heterocycles. The largest absolute Gasteiger partial charge is 0.463 e. The Morgan fingerprint density at radius 2 is 1.54 bits per heavy atom. The lowest BCUT2D eigenvalue weighted by molar-refractivity contribution is -0.146. The Hall–Kier alpha value is -2.62. The summed E-state index contributed by atoms with van der Waals surface area (Å²) in [5.41, 5.74) is 2.89. The second kappa shape index (κ2) is 9.76. The van der Waals surface area contributed by atoms with Gasteiger partial charge in [0.1, 0.15) is 6.10 Å². The number of benzene rings is 2. The van der Waals surface area contributed by atoms with Crippen LogP contribution in [0.25, 0.3) is 11.1 Å². The van der Waals surface area contributed by atoms with Gasteiger partial charge in [-0.15, -0.1) is 0 Å². The van der Waals surface area contributed by atoms with Crippen molar-refractivity contribution in [1.29, 1.82) is 0 Å². The maximum absolute atomic E-state index is 11.7. The first-order valence-corrected chi connectivity index (χ1v) is 9.05. The molecule has 2 aromatic carbocycles. The summed E-state index contributed by atoms with van der Waals surface area (Å²) in [5, 5.41) is 0. The predicted molar refractivity (Wildman–Crippen MR) is 102 cm³/mol. The van der Waals surface area contributed by atoms with E-state index in [1.165, 1.54) is 0 Å². The van der Waals surface area contributed by atoms with Crippen LogP contribution in [-0.2, 0) is 14.3 Å². The highest BCUT2D eigenvalue weighted by atomic mass is 16.5. The van der Waals surface area contributed by atoms with E-state index in [4.69, 9.17) is 9.47 Å². The summed E-state index contributed by atoms with van der Waals surface area (Å²) in [6.45, 7) is 5.46. The smallest absolute Gasteiger partial charge is 0.338 e. The number of hydrogen-bond acceptors (Lipinski definition) is 4. The summed E-state index contributed by atoms with van der Waals surface area (Å²) in [7, 11) is 0. The molecule has 0 aliphatic heterocycles. The molecule has 3 rings (SSSR count). The Bertz CT molecular complexity index is 701. The van der Waals surface area contributed by atoms with Crippen LogP contribution in [0.4, 0.5) is 0 Å². The van der Waals surface area contributed by atoms with Crippen LogP contribution in [0.5, 0.6) is 0 Å². The molecule has 26 heavy (non-hydrogen) atoms. The topological polar surface area (TPSA) is 52.6 Å². The Balaban J connectivity index is 0.000000260. The molecule has 4 nitrogen and oxygen atoms in total. The third kappa shape index (κ3) is 6.71. The van der Waals surface area contributed by atoms with E-state index in [2.05, 4.69) is 12.1 Å². The van der Waals surface area contributed by atoms with Gasteiger partial charge in [0.25, 0.3) is 0 Å². The van der Waals surface area contributed by atoms with Gasteiger partial charge in [-0.3, -0.25) is 4.79 Å². The molecule has 4 heteroatoms. The number of carbonyl (C=O) groups excluding carboxylic acids is 2. The van der Waals surface area contributed by atoms with E-state index < -0.39 is 0 Å². The average Bonchev–Trinajstić information content (AvgIpc) is 3.46. The minimum absolute atomic E-state index is 0.0300. The van der Waals surface area contributed by atoms with Gasteiger partial charge in [0, 0.05) is 6.42 Å². The summed E-state index contributed by atoms with van der Waals surface area (Å²) in [4.78, 5) is 22.1. The summed E-state index contributed by atoms with van der Waals surface area (Å²) < 4.78 is 10.0. The van der Waals surface area contributed by atoms with Crippen molar-refractivity contribution in [1.82, 2.24) is 0 Å². The normalized spacial score (nSPS) is 12.8. The SMILES string of the molecule is CCC(=O)OC(C)C.O=C(OC1CC1)c1ccc(-c2ccccc2)cc1. The van der Waals surface area contributed by atoms with Crippen LogP contribution < -0.4 is 0 Å². The molecule has 1 aliphatic rings. The second-order valence-electron chi connectivity index (χ2n) is 6.44. The Kier molecular flexibility index (Phi) is 7.39. The molecule has 138 valence electrons. The Morgan fingerprint density at radius 1 is 0.962 bits per heavy atom. The number of esters is 2. The average molecular weight is 354 g/mol. The first-order valence-electron chi connectivity index (χ1n) is 9.05. The highest BCUT2D eigenvalue weighted by Gasteiger charge is 2.26. The fraction of sp³-hybridized carbons (Fsp3) is 0.364. The van der Waals surface area contributed by atoms with Crippen LogP contribution >= 0.6 is 0 Å². The lowest BCUT2D eigenvalue weighted by Gasteiger charge is -2.04. The summed E-state index contributed by atoms with van der Waals surface area (Å²) >= 11 is 0. The second-order valence-corrected chi connectivity index (χ2v) is 6.44. The minimum atomic E-state index is -0.211. The van der Waals surface area contributed by atoms with Gasteiger partial charge in [0.05, 0.1) is 11.7 Å². The Morgan fingerprint density at radius 3 is 2.00 bits per heavy atom. The van der Waals surface area contributed by atoms with Crippen molar-refractivity contribution in [3.63, 3.8) is 0 Å². The van der Waals surface area contributed by atoms with E-state index in [0.717, 1.165) is 24.0 Å². The molecule has 0 radical (unpaired) electrons. The molecule has 0 atom stereocenters. The molecule has 0 N–H and O–H groups in total. The molecule has 1 saturated carbocycles. The fourth-order valence-corrected chi connectivity index (χ4v) is 2.18.